The van der Waals surface area contributed by atoms with Gasteiger partial charge in [-0.25, -0.2) is 0 Å². The van der Waals surface area contributed by atoms with Crippen molar-refractivity contribution in [3.8, 4) is 0 Å². The van der Waals surface area contributed by atoms with Gasteiger partial charge in [0.15, 0.2) is 0 Å². The van der Waals surface area contributed by atoms with Gasteiger partial charge in [-0.3, -0.25) is 24.0 Å². The molecule has 254 valence electrons. The van der Waals surface area contributed by atoms with Gasteiger partial charge in [0.1, 0.15) is 12.1 Å². The van der Waals surface area contributed by atoms with Crippen molar-refractivity contribution < 1.29 is 24.0 Å². The van der Waals surface area contributed by atoms with E-state index in [1.165, 1.54) is 0 Å². The molecule has 2 fully saturated rings. The van der Waals surface area contributed by atoms with Crippen LogP contribution in [0.4, 0.5) is 0 Å². The van der Waals surface area contributed by atoms with Crippen LogP contribution in [-0.4, -0.2) is 96.7 Å². The van der Waals surface area contributed by atoms with Crippen LogP contribution in [0.15, 0.2) is 60.7 Å². The number of piperidine rings is 1. The van der Waals surface area contributed by atoms with Gasteiger partial charge in [0.05, 0.1) is 19.1 Å². The Kier molecular flexibility index (Phi) is 12.5. The van der Waals surface area contributed by atoms with Gasteiger partial charge in [0.25, 0.3) is 0 Å². The smallest absolute Gasteiger partial charge is 0.243 e. The Labute approximate surface area is 277 Å². The summed E-state index contributed by atoms with van der Waals surface area (Å²) in [7, 11) is 0. The summed E-state index contributed by atoms with van der Waals surface area (Å²) in [4.78, 5) is 68.5. The number of nitrogens with zero attached hydrogens (tertiary/aromatic N) is 2. The molecule has 2 aromatic rings. The van der Waals surface area contributed by atoms with Crippen LogP contribution in [0.1, 0.15) is 44.2 Å². The topological polar surface area (TPSA) is 180 Å². The second-order valence-corrected chi connectivity index (χ2v) is 13.3. The van der Waals surface area contributed by atoms with Crippen LogP contribution in [0.25, 0.3) is 0 Å². The molecule has 0 aliphatic carbocycles. The Morgan fingerprint density at radius 3 is 1.85 bits per heavy atom. The van der Waals surface area contributed by atoms with E-state index in [0.717, 1.165) is 24.0 Å². The number of likely N-dealkylation sites (tertiary alicyclic amines) is 2. The van der Waals surface area contributed by atoms with E-state index in [1.54, 1.807) is 9.80 Å². The van der Waals surface area contributed by atoms with Crippen LogP contribution in [0.3, 0.4) is 0 Å². The van der Waals surface area contributed by atoms with Crippen LogP contribution < -0.4 is 27.4 Å². The Hall–Kier alpha value is -4.29. The number of carbonyl (C=O) groups excluding carboxylic acids is 5. The first-order valence-corrected chi connectivity index (χ1v) is 16.5. The first-order valence-electron chi connectivity index (χ1n) is 16.5. The van der Waals surface area contributed by atoms with Crippen LogP contribution in [0, 0.1) is 11.3 Å². The predicted molar refractivity (Wildman–Crippen MR) is 178 cm³/mol. The molecule has 1 spiro atoms. The average molecular weight is 648 g/mol. The summed E-state index contributed by atoms with van der Waals surface area (Å²) in [6.45, 7) is 6.14. The Bertz CT molecular complexity index is 1370. The zero-order chi connectivity index (χ0) is 34.0. The maximum atomic E-state index is 13.7. The first-order chi connectivity index (χ1) is 22.5. The number of hydrogen-bond acceptors (Lipinski definition) is 7. The van der Waals surface area contributed by atoms with Gasteiger partial charge in [-0.15, -0.1) is 0 Å². The highest BCUT2D eigenvalue weighted by Crippen LogP contribution is 2.40. The molecule has 3 atom stereocenters. The fourth-order valence-electron chi connectivity index (χ4n) is 6.29. The van der Waals surface area contributed by atoms with Crippen LogP contribution in [0.2, 0.25) is 0 Å². The fourth-order valence-corrected chi connectivity index (χ4v) is 6.29. The first kappa shape index (κ1) is 35.6. The minimum Gasteiger partial charge on any atom is -0.345 e. The van der Waals surface area contributed by atoms with E-state index >= 15 is 0 Å². The predicted octanol–water partition coefficient (Wildman–Crippen LogP) is 0.341. The molecular weight excluding hydrogens is 598 g/mol. The van der Waals surface area contributed by atoms with Gasteiger partial charge in [0.2, 0.25) is 29.5 Å². The number of hydrogen-bond donors (Lipinski definition) is 5. The molecule has 0 saturated carbocycles. The van der Waals surface area contributed by atoms with E-state index in [4.69, 9.17) is 11.5 Å². The van der Waals surface area contributed by atoms with Crippen LogP contribution >= 0.6 is 0 Å². The molecular formula is C35H49N7O5. The zero-order valence-electron chi connectivity index (χ0n) is 27.5. The van der Waals surface area contributed by atoms with Crippen LogP contribution in [0.5, 0.6) is 0 Å². The molecule has 2 aromatic carbocycles. The van der Waals surface area contributed by atoms with E-state index < -0.39 is 35.8 Å². The number of nitrogens with two attached hydrogens (primary N) is 2. The van der Waals surface area contributed by atoms with Gasteiger partial charge in [-0.05, 0) is 42.7 Å². The second-order valence-electron chi connectivity index (χ2n) is 13.3. The van der Waals surface area contributed by atoms with Crippen molar-refractivity contribution in [3.63, 3.8) is 0 Å². The van der Waals surface area contributed by atoms with E-state index in [9.17, 15) is 24.0 Å². The SMILES string of the molecule is CC(C)CC(NC(=O)[C@@H](Cc1ccccc1)NC(=O)C(N)Cc1ccccc1)C(=O)NCC(=O)N1CCC2(CC1)CN(C(=O)CN)C2. The van der Waals surface area contributed by atoms with Crippen LogP contribution in [-0.2, 0) is 36.8 Å². The minimum atomic E-state index is -0.973. The van der Waals surface area contributed by atoms with Gasteiger partial charge >= 0.3 is 0 Å². The number of amides is 5. The lowest BCUT2D eigenvalue weighted by Crippen LogP contribution is -2.63. The highest BCUT2D eigenvalue weighted by Gasteiger charge is 2.46. The van der Waals surface area contributed by atoms with Crippen molar-refractivity contribution in [2.45, 2.75) is 64.1 Å². The molecule has 7 N–H and O–H groups in total. The Morgan fingerprint density at radius 1 is 0.745 bits per heavy atom. The van der Waals surface area contributed by atoms with E-state index in [0.29, 0.717) is 39.0 Å². The highest BCUT2D eigenvalue weighted by molar-refractivity contribution is 5.94. The molecule has 0 radical (unpaired) electrons. The number of nitrogens with one attached hydrogen (secondary N) is 3. The van der Waals surface area contributed by atoms with Crippen molar-refractivity contribution >= 4 is 29.5 Å². The lowest BCUT2D eigenvalue weighted by molar-refractivity contribution is -0.148. The molecule has 2 heterocycles. The molecule has 0 bridgehead atoms. The van der Waals surface area contributed by atoms with Crippen molar-refractivity contribution in [2.75, 3.05) is 39.3 Å². The molecule has 2 aliphatic heterocycles. The van der Waals surface area contributed by atoms with Crippen molar-refractivity contribution in [3.05, 3.63) is 71.8 Å². The summed E-state index contributed by atoms with van der Waals surface area (Å²) in [6, 6.07) is 16.0. The van der Waals surface area contributed by atoms with Crippen molar-refractivity contribution in [2.24, 2.45) is 22.8 Å². The molecule has 12 heteroatoms. The lowest BCUT2D eigenvalue weighted by atomic mass is 9.72. The maximum Gasteiger partial charge on any atom is 0.243 e. The largest absolute Gasteiger partial charge is 0.345 e. The molecule has 2 saturated heterocycles. The third-order valence-corrected chi connectivity index (χ3v) is 9.06. The quantitative estimate of drug-likeness (QED) is 0.196. The minimum absolute atomic E-state index is 0.00386. The van der Waals surface area contributed by atoms with Gasteiger partial charge < -0.3 is 37.2 Å². The standard InChI is InChI=1S/C35H49N7O5/c1-24(2)17-28(33(46)38-21-31(44)41-15-13-35(14-16-41)22-42(23-35)30(43)20-36)40-34(47)29(19-26-11-7-4-8-12-26)39-32(45)27(37)18-25-9-5-3-6-10-25/h3-12,24,27-29H,13-23,36-37H2,1-2H3,(H,38,46)(H,39,45)(H,40,47)/t27?,28?,29-/m1/s1. The average Bonchev–Trinajstić information content (AvgIpc) is 3.05. The molecule has 4 rings (SSSR count). The highest BCUT2D eigenvalue weighted by atomic mass is 16.2. The van der Waals surface area contributed by atoms with Gasteiger partial charge in [-0.1, -0.05) is 74.5 Å². The normalized spacial score (nSPS) is 17.3. The summed E-state index contributed by atoms with van der Waals surface area (Å²) in [6.07, 6.45) is 2.44. The third kappa shape index (κ3) is 10.1. The monoisotopic (exact) mass is 647 g/mol. The maximum absolute atomic E-state index is 13.7. The summed E-state index contributed by atoms with van der Waals surface area (Å²) in [5.74, 6) is -1.63. The van der Waals surface area contributed by atoms with Crippen molar-refractivity contribution in [1.82, 2.24) is 25.8 Å². The summed E-state index contributed by atoms with van der Waals surface area (Å²) >= 11 is 0. The Morgan fingerprint density at radius 2 is 1.30 bits per heavy atom. The van der Waals surface area contributed by atoms with Crippen molar-refractivity contribution in [1.29, 1.82) is 0 Å². The van der Waals surface area contributed by atoms with Gasteiger partial charge in [-0.2, -0.15) is 0 Å². The summed E-state index contributed by atoms with van der Waals surface area (Å²) < 4.78 is 0. The fraction of sp³-hybridized carbons (Fsp3) is 0.514. The van der Waals surface area contributed by atoms with E-state index in [-0.39, 0.29) is 42.7 Å². The molecule has 0 aromatic heterocycles. The number of benzene rings is 2. The second kappa shape index (κ2) is 16.5. The van der Waals surface area contributed by atoms with E-state index in [2.05, 4.69) is 16.0 Å². The Balaban J connectivity index is 1.33. The molecule has 2 unspecified atom stereocenters. The summed E-state index contributed by atoms with van der Waals surface area (Å²) in [5.41, 5.74) is 13.5. The molecule has 5 amide bonds. The molecule has 12 nitrogen and oxygen atoms in total. The molecule has 47 heavy (non-hydrogen) atoms. The number of rotatable bonds is 14. The van der Waals surface area contributed by atoms with E-state index in [1.807, 2.05) is 74.5 Å². The number of carbonyl (C=O) groups is 5. The molecule has 2 aliphatic rings. The summed E-state index contributed by atoms with van der Waals surface area (Å²) in [5, 5.41) is 8.37. The lowest BCUT2D eigenvalue weighted by Gasteiger charge is -2.54. The van der Waals surface area contributed by atoms with Gasteiger partial charge in [0, 0.05) is 38.0 Å². The third-order valence-electron chi connectivity index (χ3n) is 9.06. The zero-order valence-corrected chi connectivity index (χ0v) is 27.5.